The molecule has 3 heteroatoms. The molecular formula is C11H21NO2. The number of nitrogens with zero attached hydrogens (tertiary/aromatic N) is 1. The third-order valence-electron chi connectivity index (χ3n) is 3.68. The first kappa shape index (κ1) is 10.4. The van der Waals surface area contributed by atoms with Gasteiger partial charge < -0.3 is 14.7 Å². The number of hydrogen-bond acceptors (Lipinski definition) is 3. The Hall–Kier alpha value is -0.120. The lowest BCUT2D eigenvalue weighted by Crippen LogP contribution is -2.43. The number of rotatable bonds is 4. The molecule has 2 aliphatic rings. The molecule has 0 aromatic rings. The highest BCUT2D eigenvalue weighted by atomic mass is 16.5. The lowest BCUT2D eigenvalue weighted by atomic mass is 9.91. The maximum atomic E-state index is 9.97. The van der Waals surface area contributed by atoms with Gasteiger partial charge in [0.25, 0.3) is 0 Å². The Morgan fingerprint density at radius 2 is 2.21 bits per heavy atom. The molecule has 1 saturated heterocycles. The molecule has 1 aliphatic carbocycles. The van der Waals surface area contributed by atoms with Crippen LogP contribution in [0.25, 0.3) is 0 Å². The van der Waals surface area contributed by atoms with Crippen molar-refractivity contribution in [1.29, 1.82) is 0 Å². The molecule has 0 bridgehead atoms. The SMILES string of the molecule is CN(CC(O)C1CCOC1)C1CCC1. The minimum Gasteiger partial charge on any atom is -0.391 e. The second-order valence-corrected chi connectivity index (χ2v) is 4.72. The molecule has 2 unspecified atom stereocenters. The van der Waals surface area contributed by atoms with Crippen LogP contribution in [0, 0.1) is 5.92 Å². The Balaban J connectivity index is 1.72. The van der Waals surface area contributed by atoms with Gasteiger partial charge in [0.2, 0.25) is 0 Å². The van der Waals surface area contributed by atoms with Gasteiger partial charge in [-0.1, -0.05) is 6.42 Å². The van der Waals surface area contributed by atoms with E-state index in [9.17, 15) is 5.11 Å². The summed E-state index contributed by atoms with van der Waals surface area (Å²) >= 11 is 0. The zero-order chi connectivity index (χ0) is 9.97. The van der Waals surface area contributed by atoms with Crippen LogP contribution < -0.4 is 0 Å². The van der Waals surface area contributed by atoms with Crippen LogP contribution in [0.4, 0.5) is 0 Å². The summed E-state index contributed by atoms with van der Waals surface area (Å²) < 4.78 is 5.28. The molecule has 0 radical (unpaired) electrons. The van der Waals surface area contributed by atoms with Gasteiger partial charge in [0.15, 0.2) is 0 Å². The van der Waals surface area contributed by atoms with E-state index in [2.05, 4.69) is 11.9 Å². The van der Waals surface area contributed by atoms with E-state index < -0.39 is 0 Å². The Labute approximate surface area is 86.0 Å². The van der Waals surface area contributed by atoms with Crippen molar-refractivity contribution < 1.29 is 9.84 Å². The molecule has 2 fully saturated rings. The number of likely N-dealkylation sites (N-methyl/N-ethyl adjacent to an activating group) is 1. The van der Waals surface area contributed by atoms with Crippen molar-refractivity contribution in [3.8, 4) is 0 Å². The molecule has 82 valence electrons. The predicted octanol–water partition coefficient (Wildman–Crippen LogP) is 0.868. The standard InChI is InChI=1S/C11H21NO2/c1-12(10-3-2-4-10)7-11(13)9-5-6-14-8-9/h9-11,13H,2-8H2,1H3. The zero-order valence-corrected chi connectivity index (χ0v) is 8.98. The van der Waals surface area contributed by atoms with Gasteiger partial charge in [0, 0.05) is 25.1 Å². The van der Waals surface area contributed by atoms with Gasteiger partial charge in [-0.05, 0) is 26.3 Å². The van der Waals surface area contributed by atoms with E-state index in [0.717, 1.165) is 32.2 Å². The summed E-state index contributed by atoms with van der Waals surface area (Å²) in [6, 6.07) is 0.729. The van der Waals surface area contributed by atoms with Crippen molar-refractivity contribution >= 4 is 0 Å². The fourth-order valence-corrected chi connectivity index (χ4v) is 2.28. The van der Waals surface area contributed by atoms with Crippen molar-refractivity contribution in [2.45, 2.75) is 37.8 Å². The third kappa shape index (κ3) is 2.27. The van der Waals surface area contributed by atoms with Gasteiger partial charge in [-0.15, -0.1) is 0 Å². The molecule has 2 rings (SSSR count). The number of aliphatic hydroxyl groups is 1. The Morgan fingerprint density at radius 1 is 1.43 bits per heavy atom. The number of ether oxygens (including phenoxy) is 1. The maximum absolute atomic E-state index is 9.97. The van der Waals surface area contributed by atoms with Gasteiger partial charge in [-0.3, -0.25) is 0 Å². The predicted molar refractivity (Wildman–Crippen MR) is 55.2 cm³/mol. The molecule has 2 atom stereocenters. The molecule has 1 aliphatic heterocycles. The first-order valence-corrected chi connectivity index (χ1v) is 5.73. The minimum absolute atomic E-state index is 0.192. The van der Waals surface area contributed by atoms with Crippen molar-refractivity contribution in [2.24, 2.45) is 5.92 Å². The van der Waals surface area contributed by atoms with Crippen LogP contribution in [-0.4, -0.2) is 49.0 Å². The molecule has 3 nitrogen and oxygen atoms in total. The second kappa shape index (κ2) is 4.60. The second-order valence-electron chi connectivity index (χ2n) is 4.72. The molecule has 0 spiro atoms. The number of hydrogen-bond donors (Lipinski definition) is 1. The first-order valence-electron chi connectivity index (χ1n) is 5.73. The van der Waals surface area contributed by atoms with E-state index in [1.807, 2.05) is 0 Å². The van der Waals surface area contributed by atoms with Crippen molar-refractivity contribution in [2.75, 3.05) is 26.8 Å². The van der Waals surface area contributed by atoms with E-state index in [0.29, 0.717) is 5.92 Å². The van der Waals surface area contributed by atoms with Crippen LogP contribution in [0.2, 0.25) is 0 Å². The van der Waals surface area contributed by atoms with E-state index in [-0.39, 0.29) is 6.10 Å². The lowest BCUT2D eigenvalue weighted by Gasteiger charge is -2.36. The summed E-state index contributed by atoms with van der Waals surface area (Å²) in [5, 5.41) is 9.97. The van der Waals surface area contributed by atoms with Crippen molar-refractivity contribution in [3.63, 3.8) is 0 Å². The average molecular weight is 199 g/mol. The summed E-state index contributed by atoms with van der Waals surface area (Å²) in [5.74, 6) is 0.373. The van der Waals surface area contributed by atoms with Gasteiger partial charge in [-0.2, -0.15) is 0 Å². The quantitative estimate of drug-likeness (QED) is 0.729. The van der Waals surface area contributed by atoms with Crippen LogP contribution in [0.5, 0.6) is 0 Å². The Morgan fingerprint density at radius 3 is 2.71 bits per heavy atom. The Kier molecular flexibility index (Phi) is 3.42. The highest BCUT2D eigenvalue weighted by Crippen LogP contribution is 2.25. The van der Waals surface area contributed by atoms with E-state index in [1.165, 1.54) is 19.3 Å². The summed E-state index contributed by atoms with van der Waals surface area (Å²) in [6.45, 7) is 2.40. The van der Waals surface area contributed by atoms with E-state index in [1.54, 1.807) is 0 Å². The molecule has 0 aromatic heterocycles. The van der Waals surface area contributed by atoms with Gasteiger partial charge in [0.05, 0.1) is 12.7 Å². The summed E-state index contributed by atoms with van der Waals surface area (Å²) in [7, 11) is 2.13. The highest BCUT2D eigenvalue weighted by Gasteiger charge is 2.28. The van der Waals surface area contributed by atoms with Gasteiger partial charge >= 0.3 is 0 Å². The van der Waals surface area contributed by atoms with E-state index in [4.69, 9.17) is 4.74 Å². The van der Waals surface area contributed by atoms with Crippen molar-refractivity contribution in [1.82, 2.24) is 4.90 Å². The highest BCUT2D eigenvalue weighted by molar-refractivity contribution is 4.82. The third-order valence-corrected chi connectivity index (χ3v) is 3.68. The monoisotopic (exact) mass is 199 g/mol. The number of aliphatic hydroxyl groups excluding tert-OH is 1. The largest absolute Gasteiger partial charge is 0.391 e. The van der Waals surface area contributed by atoms with Gasteiger partial charge in [-0.25, -0.2) is 0 Å². The first-order chi connectivity index (χ1) is 6.77. The topological polar surface area (TPSA) is 32.7 Å². The van der Waals surface area contributed by atoms with E-state index >= 15 is 0 Å². The lowest BCUT2D eigenvalue weighted by molar-refractivity contribution is 0.0374. The van der Waals surface area contributed by atoms with Gasteiger partial charge in [0.1, 0.15) is 0 Å². The molecule has 14 heavy (non-hydrogen) atoms. The minimum atomic E-state index is -0.192. The van der Waals surface area contributed by atoms with Crippen LogP contribution in [0.1, 0.15) is 25.7 Å². The van der Waals surface area contributed by atoms with Crippen LogP contribution in [-0.2, 0) is 4.74 Å². The fourth-order valence-electron chi connectivity index (χ4n) is 2.28. The summed E-state index contributed by atoms with van der Waals surface area (Å²) in [5.41, 5.74) is 0. The maximum Gasteiger partial charge on any atom is 0.0718 e. The average Bonchev–Trinajstić information content (AvgIpc) is 2.51. The summed E-state index contributed by atoms with van der Waals surface area (Å²) in [4.78, 5) is 2.31. The molecule has 1 heterocycles. The molecule has 1 saturated carbocycles. The van der Waals surface area contributed by atoms with Crippen LogP contribution >= 0.6 is 0 Å². The van der Waals surface area contributed by atoms with Crippen molar-refractivity contribution in [3.05, 3.63) is 0 Å². The molecule has 0 aromatic carbocycles. The fraction of sp³-hybridized carbons (Fsp3) is 1.00. The molecule has 1 N–H and O–H groups in total. The smallest absolute Gasteiger partial charge is 0.0718 e. The molecular weight excluding hydrogens is 178 g/mol. The zero-order valence-electron chi connectivity index (χ0n) is 8.98. The normalized spacial score (nSPS) is 30.6. The molecule has 0 amide bonds. The summed E-state index contributed by atoms with van der Waals surface area (Å²) in [6.07, 6.45) is 4.81. The van der Waals surface area contributed by atoms with Crippen LogP contribution in [0.15, 0.2) is 0 Å². The van der Waals surface area contributed by atoms with Crippen LogP contribution in [0.3, 0.4) is 0 Å². The Bertz CT molecular complexity index is 176.